The highest BCUT2D eigenvalue weighted by molar-refractivity contribution is 7.10. The SMILES string of the molecule is CCOc1nc(N)nc(-c2csc(C)c2)n1. The normalized spacial score (nSPS) is 10.4. The van der Waals surface area contributed by atoms with Crippen molar-refractivity contribution < 1.29 is 4.74 Å². The van der Waals surface area contributed by atoms with Crippen molar-refractivity contribution in [3.8, 4) is 17.4 Å². The minimum absolute atomic E-state index is 0.178. The summed E-state index contributed by atoms with van der Waals surface area (Å²) in [5.41, 5.74) is 6.54. The highest BCUT2D eigenvalue weighted by Gasteiger charge is 2.08. The Morgan fingerprint density at radius 2 is 2.19 bits per heavy atom. The highest BCUT2D eigenvalue weighted by atomic mass is 32.1. The van der Waals surface area contributed by atoms with E-state index in [1.807, 2.05) is 25.3 Å². The summed E-state index contributed by atoms with van der Waals surface area (Å²) >= 11 is 1.64. The third-order valence-corrected chi connectivity index (χ3v) is 2.76. The van der Waals surface area contributed by atoms with E-state index in [-0.39, 0.29) is 12.0 Å². The number of rotatable bonds is 3. The van der Waals surface area contributed by atoms with Gasteiger partial charge in [-0.2, -0.15) is 15.0 Å². The Labute approximate surface area is 97.3 Å². The van der Waals surface area contributed by atoms with Gasteiger partial charge in [0.15, 0.2) is 5.82 Å². The van der Waals surface area contributed by atoms with Crippen molar-refractivity contribution in [2.75, 3.05) is 12.3 Å². The zero-order chi connectivity index (χ0) is 11.5. The summed E-state index contributed by atoms with van der Waals surface area (Å²) in [6, 6.07) is 2.28. The maximum atomic E-state index is 5.60. The summed E-state index contributed by atoms with van der Waals surface area (Å²) in [4.78, 5) is 13.4. The summed E-state index contributed by atoms with van der Waals surface area (Å²) in [5.74, 6) is 0.734. The van der Waals surface area contributed by atoms with E-state index >= 15 is 0 Å². The van der Waals surface area contributed by atoms with Crippen molar-refractivity contribution in [1.29, 1.82) is 0 Å². The van der Waals surface area contributed by atoms with Crippen LogP contribution in [0.25, 0.3) is 11.4 Å². The van der Waals surface area contributed by atoms with Crippen molar-refractivity contribution in [2.45, 2.75) is 13.8 Å². The Morgan fingerprint density at radius 1 is 1.38 bits per heavy atom. The van der Waals surface area contributed by atoms with Crippen LogP contribution in [-0.4, -0.2) is 21.6 Å². The fourth-order valence-corrected chi connectivity index (χ4v) is 1.94. The molecule has 0 aliphatic heterocycles. The first-order valence-electron chi connectivity index (χ1n) is 4.89. The molecule has 0 fully saturated rings. The highest BCUT2D eigenvalue weighted by Crippen LogP contribution is 2.23. The number of thiophene rings is 1. The number of ether oxygens (including phenoxy) is 1. The van der Waals surface area contributed by atoms with Crippen LogP contribution in [0.15, 0.2) is 11.4 Å². The monoisotopic (exact) mass is 236 g/mol. The predicted octanol–water partition coefficient (Wildman–Crippen LogP) is 1.89. The predicted molar refractivity (Wildman–Crippen MR) is 63.5 cm³/mol. The zero-order valence-corrected chi connectivity index (χ0v) is 9.91. The van der Waals surface area contributed by atoms with Crippen LogP contribution >= 0.6 is 11.3 Å². The molecule has 0 unspecified atom stereocenters. The molecule has 0 aliphatic rings. The first-order valence-corrected chi connectivity index (χ1v) is 5.77. The van der Waals surface area contributed by atoms with E-state index in [1.54, 1.807) is 11.3 Å². The van der Waals surface area contributed by atoms with Gasteiger partial charge in [0.05, 0.1) is 6.61 Å². The standard InChI is InChI=1S/C10H12N4OS/c1-3-15-10-13-8(12-9(11)14-10)7-4-6(2)16-5-7/h4-5H,3H2,1-2H3,(H2,11,12,13,14). The number of hydrogen-bond acceptors (Lipinski definition) is 6. The second-order valence-corrected chi connectivity index (χ2v) is 4.29. The number of nitrogens with two attached hydrogens (primary N) is 1. The Balaban J connectivity index is 2.40. The van der Waals surface area contributed by atoms with Crippen LogP contribution in [0.4, 0.5) is 5.95 Å². The van der Waals surface area contributed by atoms with Crippen LogP contribution in [0.5, 0.6) is 6.01 Å². The largest absolute Gasteiger partial charge is 0.464 e. The summed E-state index contributed by atoms with van der Waals surface area (Å²) in [6.07, 6.45) is 0. The van der Waals surface area contributed by atoms with Gasteiger partial charge >= 0.3 is 6.01 Å². The molecule has 0 amide bonds. The van der Waals surface area contributed by atoms with E-state index in [2.05, 4.69) is 15.0 Å². The fourth-order valence-electron chi connectivity index (χ4n) is 1.26. The lowest BCUT2D eigenvalue weighted by molar-refractivity contribution is 0.312. The maximum absolute atomic E-state index is 5.60. The zero-order valence-electron chi connectivity index (χ0n) is 9.10. The van der Waals surface area contributed by atoms with Crippen LogP contribution in [0, 0.1) is 6.92 Å². The molecule has 2 aromatic rings. The molecule has 0 aromatic carbocycles. The summed E-state index contributed by atoms with van der Waals surface area (Å²) in [7, 11) is 0. The van der Waals surface area contributed by atoms with Gasteiger partial charge in [0, 0.05) is 15.8 Å². The number of nitrogens with zero attached hydrogens (tertiary/aromatic N) is 3. The maximum Gasteiger partial charge on any atom is 0.321 e. The van der Waals surface area contributed by atoms with Crippen LogP contribution in [0.1, 0.15) is 11.8 Å². The molecule has 0 bridgehead atoms. The molecule has 2 rings (SSSR count). The van der Waals surface area contributed by atoms with Crippen molar-refractivity contribution in [2.24, 2.45) is 0 Å². The number of aromatic nitrogens is 3. The van der Waals surface area contributed by atoms with Crippen LogP contribution < -0.4 is 10.5 Å². The average molecular weight is 236 g/mol. The van der Waals surface area contributed by atoms with Crippen molar-refractivity contribution in [1.82, 2.24) is 15.0 Å². The Kier molecular flexibility index (Phi) is 3.00. The van der Waals surface area contributed by atoms with Gasteiger partial charge in [-0.1, -0.05) is 0 Å². The topological polar surface area (TPSA) is 73.9 Å². The molecule has 2 heterocycles. The molecule has 0 aliphatic carbocycles. The quantitative estimate of drug-likeness (QED) is 0.880. The van der Waals surface area contributed by atoms with Crippen molar-refractivity contribution in [3.05, 3.63) is 16.3 Å². The Hall–Kier alpha value is -1.69. The van der Waals surface area contributed by atoms with E-state index in [9.17, 15) is 0 Å². The number of hydrogen-bond donors (Lipinski definition) is 1. The molecular weight excluding hydrogens is 224 g/mol. The van der Waals surface area contributed by atoms with Gasteiger partial charge in [-0.15, -0.1) is 11.3 Å². The lowest BCUT2D eigenvalue weighted by atomic mass is 10.3. The molecular formula is C10H12N4OS. The molecule has 84 valence electrons. The van der Waals surface area contributed by atoms with Gasteiger partial charge < -0.3 is 10.5 Å². The second-order valence-electron chi connectivity index (χ2n) is 3.18. The molecule has 0 spiro atoms. The lowest BCUT2D eigenvalue weighted by Gasteiger charge is -2.03. The molecule has 2 N–H and O–H groups in total. The lowest BCUT2D eigenvalue weighted by Crippen LogP contribution is -2.04. The third kappa shape index (κ3) is 2.27. The van der Waals surface area contributed by atoms with Crippen LogP contribution in [0.3, 0.4) is 0 Å². The second kappa shape index (κ2) is 4.44. The summed E-state index contributed by atoms with van der Waals surface area (Å²) in [6.45, 7) is 4.40. The molecule has 2 aromatic heterocycles. The molecule has 5 nitrogen and oxygen atoms in total. The van der Waals surface area contributed by atoms with Crippen LogP contribution in [-0.2, 0) is 0 Å². The number of aryl methyl sites for hydroxylation is 1. The first-order chi connectivity index (χ1) is 7.69. The smallest absolute Gasteiger partial charge is 0.321 e. The molecule has 0 saturated heterocycles. The van der Waals surface area contributed by atoms with E-state index in [1.165, 1.54) is 4.88 Å². The van der Waals surface area contributed by atoms with Gasteiger partial charge in [0.2, 0.25) is 5.95 Å². The molecule has 0 saturated carbocycles. The average Bonchev–Trinajstić information content (AvgIpc) is 2.64. The fraction of sp³-hybridized carbons (Fsp3) is 0.300. The van der Waals surface area contributed by atoms with Gasteiger partial charge in [-0.25, -0.2) is 0 Å². The summed E-state index contributed by atoms with van der Waals surface area (Å²) in [5, 5.41) is 1.99. The van der Waals surface area contributed by atoms with Gasteiger partial charge in [0.1, 0.15) is 0 Å². The van der Waals surface area contributed by atoms with E-state index in [0.717, 1.165) is 5.56 Å². The van der Waals surface area contributed by atoms with Crippen LogP contribution in [0.2, 0.25) is 0 Å². The number of anilines is 1. The molecule has 6 heteroatoms. The van der Waals surface area contributed by atoms with E-state index < -0.39 is 0 Å². The summed E-state index contributed by atoms with van der Waals surface area (Å²) < 4.78 is 5.22. The van der Waals surface area contributed by atoms with Crippen molar-refractivity contribution in [3.63, 3.8) is 0 Å². The van der Waals surface area contributed by atoms with Crippen molar-refractivity contribution >= 4 is 17.3 Å². The van der Waals surface area contributed by atoms with E-state index in [0.29, 0.717) is 12.4 Å². The Bertz CT molecular complexity index is 497. The molecule has 16 heavy (non-hydrogen) atoms. The minimum atomic E-state index is 0.178. The minimum Gasteiger partial charge on any atom is -0.464 e. The molecule has 0 atom stereocenters. The van der Waals surface area contributed by atoms with E-state index in [4.69, 9.17) is 10.5 Å². The third-order valence-electron chi connectivity index (χ3n) is 1.89. The van der Waals surface area contributed by atoms with Gasteiger partial charge in [0.25, 0.3) is 0 Å². The Morgan fingerprint density at radius 3 is 2.81 bits per heavy atom. The molecule has 0 radical (unpaired) electrons. The van der Waals surface area contributed by atoms with Gasteiger partial charge in [-0.3, -0.25) is 0 Å². The van der Waals surface area contributed by atoms with Gasteiger partial charge in [-0.05, 0) is 19.9 Å². The first kappa shape index (κ1) is 10.8. The number of nitrogen functional groups attached to an aromatic ring is 1.